The van der Waals surface area contributed by atoms with Gasteiger partial charge in [-0.1, -0.05) is 53.1 Å². The molecule has 0 N–H and O–H groups in total. The van der Waals surface area contributed by atoms with E-state index in [0.29, 0.717) is 0 Å². The molecule has 0 aliphatic heterocycles. The zero-order chi connectivity index (χ0) is 25.4. The van der Waals surface area contributed by atoms with E-state index < -0.39 is 30.4 Å². The molecule has 13 heteroatoms. The van der Waals surface area contributed by atoms with E-state index in [1.54, 1.807) is 36.4 Å². The van der Waals surface area contributed by atoms with Gasteiger partial charge in [-0.15, -0.1) is 0 Å². The average Bonchev–Trinajstić information content (AvgIpc) is 2.68. The fourth-order valence-corrected chi connectivity index (χ4v) is 3.52. The largest absolute Gasteiger partial charge is 3.00 e. The Labute approximate surface area is 210 Å². The summed E-state index contributed by atoms with van der Waals surface area (Å²) in [5.41, 5.74) is 2.78. The van der Waals surface area contributed by atoms with E-state index in [2.05, 4.69) is 0 Å². The van der Waals surface area contributed by atoms with Crippen molar-refractivity contribution in [3.63, 3.8) is 0 Å². The molecule has 3 aromatic carbocycles. The molecular formula is C21H21CoO9S3. The molecule has 3 rings (SSSR count). The first kappa shape index (κ1) is 31.9. The van der Waals surface area contributed by atoms with E-state index in [4.69, 9.17) is 0 Å². The molecule has 9 nitrogen and oxygen atoms in total. The van der Waals surface area contributed by atoms with Crippen molar-refractivity contribution < 1.29 is 55.7 Å². The van der Waals surface area contributed by atoms with Crippen molar-refractivity contribution in [2.45, 2.75) is 35.5 Å². The van der Waals surface area contributed by atoms with Crippen LogP contribution in [0.3, 0.4) is 0 Å². The number of benzene rings is 3. The smallest absolute Gasteiger partial charge is 0.744 e. The molecule has 0 amide bonds. The topological polar surface area (TPSA) is 172 Å². The van der Waals surface area contributed by atoms with Crippen LogP contribution in [0.1, 0.15) is 16.7 Å². The Kier molecular flexibility index (Phi) is 12.3. The first-order chi connectivity index (χ1) is 15.0. The Morgan fingerprint density at radius 3 is 0.676 bits per heavy atom. The number of rotatable bonds is 3. The maximum atomic E-state index is 10.4. The minimum Gasteiger partial charge on any atom is -0.744 e. The quantitative estimate of drug-likeness (QED) is 0.428. The summed E-state index contributed by atoms with van der Waals surface area (Å²) in [5, 5.41) is 0. The van der Waals surface area contributed by atoms with Crippen molar-refractivity contribution in [2.75, 3.05) is 0 Å². The molecule has 0 bridgehead atoms. The minimum atomic E-state index is -4.27. The van der Waals surface area contributed by atoms with Crippen molar-refractivity contribution in [1.82, 2.24) is 0 Å². The second kappa shape index (κ2) is 13.1. The van der Waals surface area contributed by atoms with E-state index in [1.165, 1.54) is 36.4 Å². The summed E-state index contributed by atoms with van der Waals surface area (Å²) in [6, 6.07) is 17.3. The van der Waals surface area contributed by atoms with Crippen LogP contribution in [0.25, 0.3) is 0 Å². The van der Waals surface area contributed by atoms with Crippen molar-refractivity contribution >= 4 is 30.4 Å². The molecule has 0 spiro atoms. The third-order valence-electron chi connectivity index (χ3n) is 3.93. The molecular weight excluding hydrogens is 551 g/mol. The first-order valence-corrected chi connectivity index (χ1v) is 13.3. The maximum Gasteiger partial charge on any atom is 3.00 e. The molecule has 186 valence electrons. The second-order valence-corrected chi connectivity index (χ2v) is 10.9. The third-order valence-corrected chi connectivity index (χ3v) is 6.48. The van der Waals surface area contributed by atoms with E-state index in [9.17, 15) is 38.9 Å². The Morgan fingerprint density at radius 2 is 0.559 bits per heavy atom. The van der Waals surface area contributed by atoms with Gasteiger partial charge in [-0.3, -0.25) is 0 Å². The summed E-state index contributed by atoms with van der Waals surface area (Å²) in [6.07, 6.45) is 0. The van der Waals surface area contributed by atoms with Gasteiger partial charge in [-0.05, 0) is 57.2 Å². The van der Waals surface area contributed by atoms with E-state index >= 15 is 0 Å². The summed E-state index contributed by atoms with van der Waals surface area (Å²) in [4.78, 5) is -0.533. The Hall–Kier alpha value is -2.10. The third kappa shape index (κ3) is 11.9. The van der Waals surface area contributed by atoms with Crippen LogP contribution in [0.2, 0.25) is 0 Å². The van der Waals surface area contributed by atoms with Crippen LogP contribution in [0, 0.1) is 20.8 Å². The fourth-order valence-electron chi connectivity index (χ4n) is 2.11. The van der Waals surface area contributed by atoms with Crippen molar-refractivity contribution in [2.24, 2.45) is 0 Å². The summed E-state index contributed by atoms with van der Waals surface area (Å²) >= 11 is 0. The molecule has 34 heavy (non-hydrogen) atoms. The van der Waals surface area contributed by atoms with Gasteiger partial charge in [0, 0.05) is 0 Å². The van der Waals surface area contributed by atoms with Crippen LogP contribution in [-0.4, -0.2) is 38.9 Å². The van der Waals surface area contributed by atoms with Crippen molar-refractivity contribution in [1.29, 1.82) is 0 Å². The predicted octanol–water partition coefficient (Wildman–Crippen LogP) is 2.69. The normalized spacial score (nSPS) is 11.1. The molecule has 0 saturated carbocycles. The number of hydrogen-bond donors (Lipinski definition) is 0. The summed E-state index contributed by atoms with van der Waals surface area (Å²) in [6.45, 7) is 5.46. The van der Waals surface area contributed by atoms with Crippen LogP contribution < -0.4 is 0 Å². The van der Waals surface area contributed by atoms with Gasteiger partial charge in [0.05, 0.1) is 14.7 Å². The molecule has 0 aliphatic carbocycles. The van der Waals surface area contributed by atoms with Gasteiger partial charge < -0.3 is 13.7 Å². The van der Waals surface area contributed by atoms with Crippen LogP contribution in [-0.2, 0) is 47.1 Å². The molecule has 0 radical (unpaired) electrons. The predicted molar refractivity (Wildman–Crippen MR) is 117 cm³/mol. The van der Waals surface area contributed by atoms with Gasteiger partial charge >= 0.3 is 16.8 Å². The molecule has 0 atom stereocenters. The molecule has 0 aliphatic rings. The average molecular weight is 573 g/mol. The van der Waals surface area contributed by atoms with Gasteiger partial charge in [0.2, 0.25) is 0 Å². The molecule has 0 fully saturated rings. The van der Waals surface area contributed by atoms with Crippen LogP contribution in [0.4, 0.5) is 0 Å². The van der Waals surface area contributed by atoms with Gasteiger partial charge in [0.1, 0.15) is 30.4 Å². The van der Waals surface area contributed by atoms with Gasteiger partial charge in [-0.25, -0.2) is 25.3 Å². The summed E-state index contributed by atoms with van der Waals surface area (Å²) in [7, 11) is -12.8. The number of aryl methyl sites for hydroxylation is 3. The molecule has 0 heterocycles. The van der Waals surface area contributed by atoms with Gasteiger partial charge in [0.25, 0.3) is 0 Å². The Morgan fingerprint density at radius 1 is 0.412 bits per heavy atom. The van der Waals surface area contributed by atoms with Crippen LogP contribution >= 0.6 is 0 Å². The van der Waals surface area contributed by atoms with Crippen molar-refractivity contribution in [3.05, 3.63) is 89.5 Å². The fraction of sp³-hybridized carbons (Fsp3) is 0.143. The molecule has 0 saturated heterocycles. The number of hydrogen-bond acceptors (Lipinski definition) is 9. The summed E-state index contributed by atoms with van der Waals surface area (Å²) in [5.74, 6) is 0. The van der Waals surface area contributed by atoms with E-state index in [-0.39, 0.29) is 31.5 Å². The standard InChI is InChI=1S/3C7H8O3S.Co/c3*1-6-2-4-7(5-3-6)11(8,9)10;/h3*2-5H,1H3,(H,8,9,10);/q;;;+3/p-3. The molecule has 0 aromatic heterocycles. The van der Waals surface area contributed by atoms with Gasteiger partial charge in [-0.2, -0.15) is 0 Å². The monoisotopic (exact) mass is 572 g/mol. The summed E-state index contributed by atoms with van der Waals surface area (Å²) < 4.78 is 93.5. The Bertz CT molecular complexity index is 1190. The molecule has 3 aromatic rings. The Balaban J connectivity index is 0.000000473. The maximum absolute atomic E-state index is 10.4. The second-order valence-electron chi connectivity index (χ2n) is 6.80. The molecule has 0 unspecified atom stereocenters. The zero-order valence-corrected chi connectivity index (χ0v) is 21.7. The van der Waals surface area contributed by atoms with Gasteiger partial charge in [0.15, 0.2) is 0 Å². The van der Waals surface area contributed by atoms with E-state index in [1.807, 2.05) is 20.8 Å². The minimum absolute atomic E-state index is 0. The van der Waals surface area contributed by atoms with E-state index in [0.717, 1.165) is 16.7 Å². The SMILES string of the molecule is Cc1ccc(S(=O)(=O)[O-])cc1.Cc1ccc(S(=O)(=O)[O-])cc1.Cc1ccc(S(=O)(=O)[O-])cc1.[Co+3]. The van der Waals surface area contributed by atoms with Crippen LogP contribution in [0.15, 0.2) is 87.5 Å². The van der Waals surface area contributed by atoms with Crippen LogP contribution in [0.5, 0.6) is 0 Å². The zero-order valence-electron chi connectivity index (χ0n) is 18.2. The van der Waals surface area contributed by atoms with Crippen molar-refractivity contribution in [3.8, 4) is 0 Å². The first-order valence-electron chi connectivity index (χ1n) is 9.08.